The summed E-state index contributed by atoms with van der Waals surface area (Å²) in [5, 5.41) is 20.5. The molecule has 1 fully saturated rings. The Bertz CT molecular complexity index is 590. The van der Waals surface area contributed by atoms with Crippen LogP contribution >= 0.6 is 0 Å². The van der Waals surface area contributed by atoms with E-state index in [1.54, 1.807) is 0 Å². The van der Waals surface area contributed by atoms with Crippen LogP contribution in [-0.2, 0) is 16.0 Å². The summed E-state index contributed by atoms with van der Waals surface area (Å²) in [4.78, 5) is 25.1. The van der Waals surface area contributed by atoms with E-state index in [-0.39, 0.29) is 12.3 Å². The first-order valence-electron chi connectivity index (χ1n) is 9.89. The number of benzene rings is 1. The fraction of sp³-hybridized carbons (Fsp3) is 0.636. The Kier molecular flexibility index (Phi) is 6.85. The lowest BCUT2D eigenvalue weighted by Crippen LogP contribution is -2.57. The molecule has 26 heavy (non-hydrogen) atoms. The normalized spacial score (nSPS) is 18.2. The summed E-state index contributed by atoms with van der Waals surface area (Å²) >= 11 is 0. The molecule has 1 saturated carbocycles. The molecule has 0 heterocycles. The Morgan fingerprint density at radius 3 is 2.12 bits per heavy atom. The number of carbonyl (C=O) groups is 2. The van der Waals surface area contributed by atoms with Crippen LogP contribution in [0.2, 0.25) is 0 Å². The Morgan fingerprint density at radius 2 is 1.62 bits per heavy atom. The molecule has 1 atom stereocenters. The SMILES string of the molecule is CCCCC(C)(C1CCCCC1)C(Cc1ccccc1)(C(=O)O)C(=O)O. The highest BCUT2D eigenvalue weighted by Gasteiger charge is 2.62. The summed E-state index contributed by atoms with van der Waals surface area (Å²) in [5.41, 5.74) is -1.79. The summed E-state index contributed by atoms with van der Waals surface area (Å²) in [7, 11) is 0. The molecule has 4 nitrogen and oxygen atoms in total. The van der Waals surface area contributed by atoms with Gasteiger partial charge in [0.25, 0.3) is 0 Å². The number of hydrogen-bond donors (Lipinski definition) is 2. The van der Waals surface area contributed by atoms with E-state index in [0.29, 0.717) is 6.42 Å². The van der Waals surface area contributed by atoms with Crippen molar-refractivity contribution in [3.63, 3.8) is 0 Å². The molecule has 1 aromatic carbocycles. The second kappa shape index (κ2) is 8.70. The molecule has 0 amide bonds. The maximum absolute atomic E-state index is 12.5. The van der Waals surface area contributed by atoms with Crippen LogP contribution in [0.1, 0.15) is 70.8 Å². The van der Waals surface area contributed by atoms with Gasteiger partial charge in [-0.15, -0.1) is 0 Å². The Labute approximate surface area is 156 Å². The third-order valence-electron chi connectivity index (χ3n) is 6.57. The molecule has 0 aromatic heterocycles. The molecule has 1 aliphatic rings. The van der Waals surface area contributed by atoms with E-state index in [0.717, 1.165) is 50.5 Å². The van der Waals surface area contributed by atoms with Gasteiger partial charge in [-0.3, -0.25) is 9.59 Å². The fourth-order valence-corrected chi connectivity index (χ4v) is 4.88. The van der Waals surface area contributed by atoms with Crippen LogP contribution in [-0.4, -0.2) is 22.2 Å². The van der Waals surface area contributed by atoms with Gasteiger partial charge in [0.2, 0.25) is 0 Å². The minimum atomic E-state index is -1.80. The summed E-state index contributed by atoms with van der Waals surface area (Å²) < 4.78 is 0. The van der Waals surface area contributed by atoms with Gasteiger partial charge < -0.3 is 10.2 Å². The first-order valence-corrected chi connectivity index (χ1v) is 9.89. The van der Waals surface area contributed by atoms with Crippen LogP contribution in [0.4, 0.5) is 0 Å². The second-order valence-corrected chi connectivity index (χ2v) is 8.03. The van der Waals surface area contributed by atoms with E-state index in [1.165, 1.54) is 0 Å². The van der Waals surface area contributed by atoms with Crippen molar-refractivity contribution in [2.45, 2.75) is 71.6 Å². The molecular weight excluding hydrogens is 328 g/mol. The lowest BCUT2D eigenvalue weighted by atomic mass is 9.52. The van der Waals surface area contributed by atoms with E-state index in [1.807, 2.05) is 37.3 Å². The van der Waals surface area contributed by atoms with E-state index in [9.17, 15) is 19.8 Å². The van der Waals surface area contributed by atoms with Gasteiger partial charge >= 0.3 is 11.9 Å². The van der Waals surface area contributed by atoms with Crippen molar-refractivity contribution in [2.24, 2.45) is 16.7 Å². The molecule has 0 aliphatic heterocycles. The summed E-state index contributed by atoms with van der Waals surface area (Å²) in [6, 6.07) is 9.22. The van der Waals surface area contributed by atoms with Gasteiger partial charge in [0.05, 0.1) is 0 Å². The van der Waals surface area contributed by atoms with Crippen molar-refractivity contribution in [3.05, 3.63) is 35.9 Å². The molecule has 0 radical (unpaired) electrons. The summed E-state index contributed by atoms with van der Waals surface area (Å²) in [6.45, 7) is 4.01. The van der Waals surface area contributed by atoms with E-state index < -0.39 is 22.8 Å². The number of hydrogen-bond acceptors (Lipinski definition) is 2. The van der Waals surface area contributed by atoms with Crippen molar-refractivity contribution in [1.29, 1.82) is 0 Å². The van der Waals surface area contributed by atoms with Crippen LogP contribution in [0.3, 0.4) is 0 Å². The highest BCUT2D eigenvalue weighted by atomic mass is 16.4. The first-order chi connectivity index (χ1) is 12.4. The zero-order valence-corrected chi connectivity index (χ0v) is 16.0. The Balaban J connectivity index is 2.56. The van der Waals surface area contributed by atoms with Gasteiger partial charge in [-0.2, -0.15) is 0 Å². The number of unbranched alkanes of at least 4 members (excludes halogenated alkanes) is 1. The van der Waals surface area contributed by atoms with Crippen LogP contribution in [0.5, 0.6) is 0 Å². The van der Waals surface area contributed by atoms with E-state index in [4.69, 9.17) is 0 Å². The number of carboxylic acid groups (broad SMARTS) is 2. The van der Waals surface area contributed by atoms with Gasteiger partial charge in [-0.25, -0.2) is 0 Å². The smallest absolute Gasteiger partial charge is 0.321 e. The largest absolute Gasteiger partial charge is 0.480 e. The zero-order valence-electron chi connectivity index (χ0n) is 16.0. The third-order valence-corrected chi connectivity index (χ3v) is 6.57. The molecule has 144 valence electrons. The molecule has 0 saturated heterocycles. The predicted molar refractivity (Wildman–Crippen MR) is 102 cm³/mol. The molecule has 0 spiro atoms. The molecule has 1 unspecified atom stereocenters. The Morgan fingerprint density at radius 1 is 1.04 bits per heavy atom. The van der Waals surface area contributed by atoms with Crippen LogP contribution in [0.25, 0.3) is 0 Å². The van der Waals surface area contributed by atoms with Crippen molar-refractivity contribution in [2.75, 3.05) is 0 Å². The number of rotatable bonds is 9. The second-order valence-electron chi connectivity index (χ2n) is 8.03. The molecular formula is C22H32O4. The minimum absolute atomic E-state index is 0.0369. The van der Waals surface area contributed by atoms with E-state index >= 15 is 0 Å². The summed E-state index contributed by atoms with van der Waals surface area (Å²) in [5.74, 6) is -2.25. The lowest BCUT2D eigenvalue weighted by Gasteiger charge is -2.49. The lowest BCUT2D eigenvalue weighted by molar-refractivity contribution is -0.181. The maximum atomic E-state index is 12.5. The number of carboxylic acids is 2. The van der Waals surface area contributed by atoms with E-state index in [2.05, 4.69) is 6.92 Å². The standard InChI is InChI=1S/C22H32O4/c1-3-4-15-21(2,18-13-9-6-10-14-18)22(19(23)24,20(25)26)16-17-11-7-5-8-12-17/h5,7-8,11-12,18H,3-4,6,9-10,13-16H2,1-2H3,(H,23,24)(H,25,26). The van der Waals surface area contributed by atoms with Crippen molar-refractivity contribution >= 4 is 11.9 Å². The van der Waals surface area contributed by atoms with Gasteiger partial charge in [-0.05, 0) is 42.6 Å². The van der Waals surface area contributed by atoms with Crippen molar-refractivity contribution in [3.8, 4) is 0 Å². The van der Waals surface area contributed by atoms with Crippen molar-refractivity contribution in [1.82, 2.24) is 0 Å². The van der Waals surface area contributed by atoms with Crippen LogP contribution in [0.15, 0.2) is 30.3 Å². The first kappa shape index (κ1) is 20.5. The molecule has 2 N–H and O–H groups in total. The van der Waals surface area contributed by atoms with Gasteiger partial charge in [0, 0.05) is 0 Å². The summed E-state index contributed by atoms with van der Waals surface area (Å²) in [6.07, 6.45) is 7.60. The van der Waals surface area contributed by atoms with Gasteiger partial charge in [-0.1, -0.05) is 76.3 Å². The third kappa shape index (κ3) is 3.79. The number of aliphatic carboxylic acids is 2. The zero-order chi connectivity index (χ0) is 19.2. The average molecular weight is 360 g/mol. The molecule has 1 aromatic rings. The van der Waals surface area contributed by atoms with Crippen LogP contribution < -0.4 is 0 Å². The topological polar surface area (TPSA) is 74.6 Å². The Hall–Kier alpha value is -1.84. The highest BCUT2D eigenvalue weighted by molar-refractivity contribution is 5.99. The minimum Gasteiger partial charge on any atom is -0.480 e. The molecule has 4 heteroatoms. The van der Waals surface area contributed by atoms with Crippen LogP contribution in [0, 0.1) is 16.7 Å². The quantitative estimate of drug-likeness (QED) is 0.596. The molecule has 1 aliphatic carbocycles. The fourth-order valence-electron chi connectivity index (χ4n) is 4.88. The maximum Gasteiger partial charge on any atom is 0.321 e. The molecule has 0 bridgehead atoms. The van der Waals surface area contributed by atoms with Gasteiger partial charge in [0.1, 0.15) is 0 Å². The highest BCUT2D eigenvalue weighted by Crippen LogP contribution is 2.55. The monoisotopic (exact) mass is 360 g/mol. The van der Waals surface area contributed by atoms with Gasteiger partial charge in [0.15, 0.2) is 5.41 Å². The molecule has 2 rings (SSSR count). The predicted octanol–water partition coefficient (Wildman–Crippen LogP) is 5.16. The van der Waals surface area contributed by atoms with Crippen molar-refractivity contribution < 1.29 is 19.8 Å². The average Bonchev–Trinajstić information content (AvgIpc) is 2.65.